The summed E-state index contributed by atoms with van der Waals surface area (Å²) in [6.45, 7) is 3.91. The molecule has 0 saturated carbocycles. The van der Waals surface area contributed by atoms with E-state index in [0.717, 1.165) is 11.1 Å². The number of rotatable bonds is 3. The van der Waals surface area contributed by atoms with E-state index in [4.69, 9.17) is 9.15 Å². The molecule has 2 rings (SSSR count). The molecule has 0 saturated heterocycles. The fourth-order valence-corrected chi connectivity index (χ4v) is 1.91. The van der Waals surface area contributed by atoms with Gasteiger partial charge in [0.2, 0.25) is 0 Å². The average Bonchev–Trinajstić information content (AvgIpc) is 2.81. The van der Waals surface area contributed by atoms with Gasteiger partial charge in [0.05, 0.1) is 19.1 Å². The number of nitrogens with one attached hydrogen (secondary N) is 1. The van der Waals surface area contributed by atoms with Gasteiger partial charge in [-0.2, -0.15) is 0 Å². The van der Waals surface area contributed by atoms with Crippen molar-refractivity contribution in [2.24, 2.45) is 0 Å². The van der Waals surface area contributed by atoms with Gasteiger partial charge < -0.3 is 14.5 Å². The van der Waals surface area contributed by atoms with Crippen molar-refractivity contribution in [1.29, 1.82) is 0 Å². The number of carbonyl (C=O) groups is 1. The Labute approximate surface area is 106 Å². The summed E-state index contributed by atoms with van der Waals surface area (Å²) in [6.07, 6.45) is 1.47. The fraction of sp³-hybridized carbons (Fsp3) is 0.214. The van der Waals surface area contributed by atoms with Gasteiger partial charge in [-0.1, -0.05) is 6.07 Å². The number of hydrogen-bond donors (Lipinski definition) is 1. The second-order valence-corrected chi connectivity index (χ2v) is 4.09. The molecular formula is C14H15NO3. The van der Waals surface area contributed by atoms with Gasteiger partial charge in [-0.05, 0) is 43.2 Å². The number of benzene rings is 1. The van der Waals surface area contributed by atoms with Crippen LogP contribution >= 0.6 is 0 Å². The van der Waals surface area contributed by atoms with Gasteiger partial charge in [-0.25, -0.2) is 0 Å². The Balaban J connectivity index is 2.31. The van der Waals surface area contributed by atoms with Crippen molar-refractivity contribution in [2.45, 2.75) is 13.8 Å². The number of methoxy groups -OCH3 is 1. The van der Waals surface area contributed by atoms with E-state index in [-0.39, 0.29) is 11.7 Å². The molecular weight excluding hydrogens is 230 g/mol. The summed E-state index contributed by atoms with van der Waals surface area (Å²) in [4.78, 5) is 11.9. The van der Waals surface area contributed by atoms with Gasteiger partial charge in [-0.3, -0.25) is 4.79 Å². The zero-order valence-corrected chi connectivity index (χ0v) is 10.6. The van der Waals surface area contributed by atoms with Gasteiger partial charge in [0.15, 0.2) is 5.76 Å². The van der Waals surface area contributed by atoms with Crippen molar-refractivity contribution in [3.63, 3.8) is 0 Å². The van der Waals surface area contributed by atoms with Gasteiger partial charge in [0, 0.05) is 0 Å². The monoisotopic (exact) mass is 245 g/mol. The third kappa shape index (κ3) is 2.37. The Kier molecular flexibility index (Phi) is 3.37. The standard InChI is InChI=1S/C14H15NO3/c1-9-7-10(2)13(17-3)11(8-9)15-14(16)12-5-4-6-18-12/h4-8H,1-3H3,(H,15,16). The normalized spacial score (nSPS) is 10.2. The van der Waals surface area contributed by atoms with Crippen LogP contribution in [0.1, 0.15) is 21.7 Å². The molecule has 4 heteroatoms. The van der Waals surface area contributed by atoms with E-state index < -0.39 is 0 Å². The first-order chi connectivity index (χ1) is 8.61. The number of aryl methyl sites for hydroxylation is 2. The van der Waals surface area contributed by atoms with Gasteiger partial charge in [0.1, 0.15) is 5.75 Å². The van der Waals surface area contributed by atoms with E-state index in [0.29, 0.717) is 11.4 Å². The third-order valence-electron chi connectivity index (χ3n) is 2.62. The SMILES string of the molecule is COc1c(C)cc(C)cc1NC(=O)c1ccco1. The maximum absolute atomic E-state index is 11.9. The molecule has 1 heterocycles. The van der Waals surface area contributed by atoms with Crippen LogP contribution in [0.5, 0.6) is 5.75 Å². The van der Waals surface area contributed by atoms with Crippen molar-refractivity contribution < 1.29 is 13.9 Å². The molecule has 0 atom stereocenters. The second-order valence-electron chi connectivity index (χ2n) is 4.09. The van der Waals surface area contributed by atoms with E-state index in [1.165, 1.54) is 6.26 Å². The van der Waals surface area contributed by atoms with Crippen molar-refractivity contribution in [3.05, 3.63) is 47.4 Å². The molecule has 18 heavy (non-hydrogen) atoms. The highest BCUT2D eigenvalue weighted by Gasteiger charge is 2.13. The summed E-state index contributed by atoms with van der Waals surface area (Å²) in [6, 6.07) is 7.16. The summed E-state index contributed by atoms with van der Waals surface area (Å²) < 4.78 is 10.4. The van der Waals surface area contributed by atoms with Crippen LogP contribution in [-0.2, 0) is 0 Å². The van der Waals surface area contributed by atoms with E-state index >= 15 is 0 Å². The zero-order valence-electron chi connectivity index (χ0n) is 10.6. The van der Waals surface area contributed by atoms with E-state index in [1.54, 1.807) is 19.2 Å². The van der Waals surface area contributed by atoms with Crippen molar-refractivity contribution in [1.82, 2.24) is 0 Å². The highest BCUT2D eigenvalue weighted by Crippen LogP contribution is 2.30. The van der Waals surface area contributed by atoms with E-state index in [1.807, 2.05) is 26.0 Å². The predicted octanol–water partition coefficient (Wildman–Crippen LogP) is 3.16. The molecule has 0 spiro atoms. The Morgan fingerprint density at radius 3 is 2.72 bits per heavy atom. The summed E-state index contributed by atoms with van der Waals surface area (Å²) in [7, 11) is 1.58. The minimum absolute atomic E-state index is 0.274. The third-order valence-corrected chi connectivity index (χ3v) is 2.62. The van der Waals surface area contributed by atoms with E-state index in [9.17, 15) is 4.79 Å². The molecule has 1 amide bonds. The summed E-state index contributed by atoms with van der Waals surface area (Å²) in [5, 5.41) is 2.79. The molecule has 0 aliphatic rings. The molecule has 0 bridgehead atoms. The maximum atomic E-state index is 11.9. The molecule has 4 nitrogen and oxygen atoms in total. The summed E-state index contributed by atoms with van der Waals surface area (Å²) in [5.41, 5.74) is 2.69. The molecule has 0 radical (unpaired) electrons. The first-order valence-electron chi connectivity index (χ1n) is 5.62. The van der Waals surface area contributed by atoms with Crippen molar-refractivity contribution in [3.8, 4) is 5.75 Å². The molecule has 0 unspecified atom stereocenters. The number of anilines is 1. The van der Waals surface area contributed by atoms with Gasteiger partial charge in [0.25, 0.3) is 5.91 Å². The first kappa shape index (κ1) is 12.2. The number of carbonyl (C=O) groups excluding carboxylic acids is 1. The lowest BCUT2D eigenvalue weighted by molar-refractivity contribution is 0.0996. The van der Waals surface area contributed by atoms with Crippen LogP contribution in [0.3, 0.4) is 0 Å². The fourth-order valence-electron chi connectivity index (χ4n) is 1.91. The Hall–Kier alpha value is -2.23. The van der Waals surface area contributed by atoms with Gasteiger partial charge >= 0.3 is 0 Å². The van der Waals surface area contributed by atoms with Crippen molar-refractivity contribution in [2.75, 3.05) is 12.4 Å². The smallest absolute Gasteiger partial charge is 0.291 e. The Bertz CT molecular complexity index is 559. The number of ether oxygens (including phenoxy) is 1. The summed E-state index contributed by atoms with van der Waals surface area (Å²) in [5.74, 6) is 0.653. The first-order valence-corrected chi connectivity index (χ1v) is 5.62. The Morgan fingerprint density at radius 1 is 1.33 bits per heavy atom. The van der Waals surface area contributed by atoms with Crippen LogP contribution in [0.25, 0.3) is 0 Å². The largest absolute Gasteiger partial charge is 0.494 e. The zero-order chi connectivity index (χ0) is 13.1. The number of hydrogen-bond acceptors (Lipinski definition) is 3. The lowest BCUT2D eigenvalue weighted by Crippen LogP contribution is -2.12. The van der Waals surface area contributed by atoms with Crippen LogP contribution in [0.15, 0.2) is 34.9 Å². The molecule has 0 aliphatic carbocycles. The molecule has 94 valence electrons. The molecule has 1 aromatic heterocycles. The van der Waals surface area contributed by atoms with E-state index in [2.05, 4.69) is 5.32 Å². The molecule has 1 aromatic carbocycles. The minimum atomic E-state index is -0.289. The second kappa shape index (κ2) is 4.96. The van der Waals surface area contributed by atoms with Crippen LogP contribution < -0.4 is 10.1 Å². The summed E-state index contributed by atoms with van der Waals surface area (Å²) >= 11 is 0. The van der Waals surface area contributed by atoms with Crippen LogP contribution in [0.4, 0.5) is 5.69 Å². The average molecular weight is 245 g/mol. The lowest BCUT2D eigenvalue weighted by Gasteiger charge is -2.13. The quantitative estimate of drug-likeness (QED) is 0.903. The molecule has 2 aromatic rings. The maximum Gasteiger partial charge on any atom is 0.291 e. The predicted molar refractivity (Wildman–Crippen MR) is 69.1 cm³/mol. The van der Waals surface area contributed by atoms with Crippen LogP contribution in [0, 0.1) is 13.8 Å². The number of amides is 1. The van der Waals surface area contributed by atoms with Crippen molar-refractivity contribution >= 4 is 11.6 Å². The van der Waals surface area contributed by atoms with Crippen LogP contribution in [0.2, 0.25) is 0 Å². The topological polar surface area (TPSA) is 51.5 Å². The minimum Gasteiger partial charge on any atom is -0.494 e. The molecule has 0 fully saturated rings. The Morgan fingerprint density at radius 2 is 2.11 bits per heavy atom. The molecule has 0 aliphatic heterocycles. The highest BCUT2D eigenvalue weighted by atomic mass is 16.5. The molecule has 1 N–H and O–H groups in total. The lowest BCUT2D eigenvalue weighted by atomic mass is 10.1. The number of furan rings is 1. The highest BCUT2D eigenvalue weighted by molar-refractivity contribution is 6.03. The van der Waals surface area contributed by atoms with Gasteiger partial charge in [-0.15, -0.1) is 0 Å². The van der Waals surface area contributed by atoms with Crippen LogP contribution in [-0.4, -0.2) is 13.0 Å².